The number of nitriles is 1. The Labute approximate surface area is 132 Å². The van der Waals surface area contributed by atoms with E-state index >= 15 is 0 Å². The Morgan fingerprint density at radius 2 is 2.00 bits per heavy atom. The zero-order valence-electron chi connectivity index (χ0n) is 11.4. The number of hydrogen-bond acceptors (Lipinski definition) is 4. The number of carbonyl (C=O) groups excluding carboxylic acids is 1. The second-order valence-electron chi connectivity index (χ2n) is 4.89. The first-order valence-electron chi connectivity index (χ1n) is 6.86. The summed E-state index contributed by atoms with van der Waals surface area (Å²) in [5.41, 5.74) is 2.73. The van der Waals surface area contributed by atoms with Crippen molar-refractivity contribution in [3.8, 4) is 5.40 Å². The smallest absolute Gasteiger partial charge is 0.255 e. The van der Waals surface area contributed by atoms with E-state index in [4.69, 9.17) is 5.26 Å². The molecule has 21 heavy (non-hydrogen) atoms. The molecule has 1 aromatic carbocycles. The first kappa shape index (κ1) is 14.2. The Balaban J connectivity index is 1.92. The molecule has 0 saturated heterocycles. The number of nitrogens with zero attached hydrogens (tertiary/aromatic N) is 1. The van der Waals surface area contributed by atoms with Crippen LogP contribution >= 0.6 is 23.1 Å². The van der Waals surface area contributed by atoms with Gasteiger partial charge < -0.3 is 5.32 Å². The second kappa shape index (κ2) is 6.33. The van der Waals surface area contributed by atoms with Crippen molar-refractivity contribution in [1.82, 2.24) is 0 Å². The van der Waals surface area contributed by atoms with Crippen LogP contribution in [0.5, 0.6) is 0 Å². The average molecular weight is 314 g/mol. The molecule has 106 valence electrons. The maximum absolute atomic E-state index is 12.4. The Kier molecular flexibility index (Phi) is 4.28. The van der Waals surface area contributed by atoms with Gasteiger partial charge in [-0.3, -0.25) is 4.79 Å². The molecule has 0 aliphatic heterocycles. The summed E-state index contributed by atoms with van der Waals surface area (Å²) in [5, 5.41) is 14.1. The van der Waals surface area contributed by atoms with E-state index < -0.39 is 0 Å². The minimum absolute atomic E-state index is 0.110. The van der Waals surface area contributed by atoms with Gasteiger partial charge in [-0.05, 0) is 43.4 Å². The van der Waals surface area contributed by atoms with E-state index in [1.807, 2.05) is 18.2 Å². The molecule has 2 aromatic rings. The molecular weight excluding hydrogens is 300 g/mol. The fourth-order valence-electron chi connectivity index (χ4n) is 2.56. The van der Waals surface area contributed by atoms with Crippen LogP contribution in [-0.2, 0) is 12.8 Å². The summed E-state index contributed by atoms with van der Waals surface area (Å²) in [6.45, 7) is 0. The largest absolute Gasteiger partial charge is 0.320 e. The standard InChI is InChI=1S/C16H14N2OS2/c17-10-20-16-14(12-8-4-5-9-13(12)21-16)18-15(19)11-6-2-1-3-7-11/h1-3,6-7H,4-5,8-9H2,(H,18,19). The summed E-state index contributed by atoms with van der Waals surface area (Å²) in [4.78, 5) is 13.7. The lowest BCUT2D eigenvalue weighted by Crippen LogP contribution is -2.13. The van der Waals surface area contributed by atoms with E-state index in [0.717, 1.165) is 40.9 Å². The monoisotopic (exact) mass is 314 g/mol. The van der Waals surface area contributed by atoms with Crippen LogP contribution in [0.3, 0.4) is 0 Å². The third-order valence-electron chi connectivity index (χ3n) is 3.55. The minimum Gasteiger partial charge on any atom is -0.320 e. The number of nitrogens with one attached hydrogen (secondary N) is 1. The topological polar surface area (TPSA) is 52.9 Å². The molecule has 0 unspecified atom stereocenters. The van der Waals surface area contributed by atoms with Crippen molar-refractivity contribution in [1.29, 1.82) is 5.26 Å². The van der Waals surface area contributed by atoms with Crippen molar-refractivity contribution in [2.75, 3.05) is 5.32 Å². The van der Waals surface area contributed by atoms with Gasteiger partial charge in [0.25, 0.3) is 5.91 Å². The molecule has 0 saturated carbocycles. The Morgan fingerprint density at radius 1 is 1.24 bits per heavy atom. The van der Waals surface area contributed by atoms with Crippen molar-refractivity contribution in [3.63, 3.8) is 0 Å². The number of carbonyl (C=O) groups is 1. The molecule has 0 radical (unpaired) electrons. The van der Waals surface area contributed by atoms with E-state index in [9.17, 15) is 4.79 Å². The molecule has 0 atom stereocenters. The van der Waals surface area contributed by atoms with Crippen LogP contribution in [0, 0.1) is 10.7 Å². The van der Waals surface area contributed by atoms with E-state index in [2.05, 4.69) is 10.7 Å². The zero-order chi connectivity index (χ0) is 14.7. The number of benzene rings is 1. The van der Waals surface area contributed by atoms with Crippen LogP contribution in [-0.4, -0.2) is 5.91 Å². The second-order valence-corrected chi connectivity index (χ2v) is 7.05. The van der Waals surface area contributed by atoms with Gasteiger partial charge in [0.05, 0.1) is 9.90 Å². The molecule has 1 amide bonds. The van der Waals surface area contributed by atoms with Gasteiger partial charge in [0.1, 0.15) is 5.40 Å². The van der Waals surface area contributed by atoms with Crippen LogP contribution in [0.2, 0.25) is 0 Å². The predicted octanol–water partition coefficient (Wildman–Crippen LogP) is 4.45. The van der Waals surface area contributed by atoms with Gasteiger partial charge in [-0.15, -0.1) is 11.3 Å². The van der Waals surface area contributed by atoms with E-state index in [1.165, 1.54) is 16.9 Å². The first-order chi connectivity index (χ1) is 10.3. The van der Waals surface area contributed by atoms with Crippen LogP contribution < -0.4 is 5.32 Å². The van der Waals surface area contributed by atoms with Gasteiger partial charge in [-0.2, -0.15) is 5.26 Å². The number of rotatable bonds is 3. The SMILES string of the molecule is N#CSc1sc2c(c1NC(=O)c1ccccc1)CCCC2. The summed E-state index contributed by atoms with van der Waals surface area (Å²) < 4.78 is 0.911. The molecule has 0 spiro atoms. The van der Waals surface area contributed by atoms with E-state index in [0.29, 0.717) is 5.56 Å². The van der Waals surface area contributed by atoms with Crippen molar-refractivity contribution in [2.45, 2.75) is 29.9 Å². The lowest BCUT2D eigenvalue weighted by atomic mass is 9.98. The Morgan fingerprint density at radius 3 is 2.76 bits per heavy atom. The van der Waals surface area contributed by atoms with Gasteiger partial charge in [0, 0.05) is 22.2 Å². The number of anilines is 1. The Bertz CT molecular complexity index is 701. The van der Waals surface area contributed by atoms with Crippen LogP contribution in [0.15, 0.2) is 34.5 Å². The number of thiocyanates is 1. The molecule has 1 heterocycles. The number of thiophene rings is 1. The maximum atomic E-state index is 12.4. The number of fused-ring (bicyclic) bond motifs is 1. The molecule has 1 aliphatic carbocycles. The molecule has 1 aliphatic rings. The van der Waals surface area contributed by atoms with Crippen LogP contribution in [0.25, 0.3) is 0 Å². The lowest BCUT2D eigenvalue weighted by molar-refractivity contribution is 0.102. The summed E-state index contributed by atoms with van der Waals surface area (Å²) in [6.07, 6.45) is 4.38. The zero-order valence-corrected chi connectivity index (χ0v) is 13.0. The van der Waals surface area contributed by atoms with Gasteiger partial charge in [0.15, 0.2) is 0 Å². The third kappa shape index (κ3) is 2.97. The Hall–Kier alpha value is -1.77. The highest BCUT2D eigenvalue weighted by molar-refractivity contribution is 8.05. The van der Waals surface area contributed by atoms with Gasteiger partial charge in [-0.25, -0.2) is 0 Å². The quantitative estimate of drug-likeness (QED) is 0.672. The summed E-state index contributed by atoms with van der Waals surface area (Å²) in [5.74, 6) is -0.110. The molecule has 0 bridgehead atoms. The highest BCUT2D eigenvalue weighted by atomic mass is 32.2. The molecule has 0 fully saturated rings. The fourth-order valence-corrected chi connectivity index (χ4v) is 4.57. The van der Waals surface area contributed by atoms with Gasteiger partial charge in [-0.1, -0.05) is 18.2 Å². The van der Waals surface area contributed by atoms with Crippen LogP contribution in [0.4, 0.5) is 5.69 Å². The molecule has 1 aromatic heterocycles. The highest BCUT2D eigenvalue weighted by Gasteiger charge is 2.22. The van der Waals surface area contributed by atoms with Gasteiger partial charge in [0.2, 0.25) is 0 Å². The highest BCUT2D eigenvalue weighted by Crippen LogP contribution is 2.43. The molecule has 3 nitrogen and oxygen atoms in total. The fraction of sp³-hybridized carbons (Fsp3) is 0.250. The number of amides is 1. The lowest BCUT2D eigenvalue weighted by Gasteiger charge is -2.13. The van der Waals surface area contributed by atoms with E-state index in [1.54, 1.807) is 23.5 Å². The first-order valence-corrected chi connectivity index (χ1v) is 8.50. The molecular formula is C16H14N2OS2. The predicted molar refractivity (Wildman–Crippen MR) is 86.8 cm³/mol. The number of aryl methyl sites for hydroxylation is 1. The van der Waals surface area contributed by atoms with Crippen molar-refractivity contribution < 1.29 is 4.79 Å². The minimum atomic E-state index is -0.110. The third-order valence-corrected chi connectivity index (χ3v) is 5.62. The molecule has 5 heteroatoms. The number of hydrogen-bond donors (Lipinski definition) is 1. The van der Waals surface area contributed by atoms with E-state index in [-0.39, 0.29) is 5.91 Å². The van der Waals surface area contributed by atoms with Crippen LogP contribution in [0.1, 0.15) is 33.6 Å². The van der Waals surface area contributed by atoms with Crippen molar-refractivity contribution >= 4 is 34.7 Å². The summed E-state index contributed by atoms with van der Waals surface area (Å²) >= 11 is 2.79. The summed E-state index contributed by atoms with van der Waals surface area (Å²) in [6, 6.07) is 9.18. The number of thioether (sulfide) groups is 1. The summed E-state index contributed by atoms with van der Waals surface area (Å²) in [7, 11) is 0. The maximum Gasteiger partial charge on any atom is 0.255 e. The normalized spacial score (nSPS) is 13.3. The molecule has 1 N–H and O–H groups in total. The molecule has 3 rings (SSSR count). The van der Waals surface area contributed by atoms with Crippen molar-refractivity contribution in [3.05, 3.63) is 46.3 Å². The average Bonchev–Trinajstić information content (AvgIpc) is 2.86. The van der Waals surface area contributed by atoms with Crippen molar-refractivity contribution in [2.24, 2.45) is 0 Å². The van der Waals surface area contributed by atoms with Gasteiger partial charge >= 0.3 is 0 Å².